The van der Waals surface area contributed by atoms with Gasteiger partial charge in [-0.15, -0.1) is 0 Å². The molecule has 0 aromatic heterocycles. The third-order valence-electron chi connectivity index (χ3n) is 9.74. The molecule has 0 spiro atoms. The monoisotopic (exact) mass is 687 g/mol. The first-order chi connectivity index (χ1) is 23.2. The van der Waals surface area contributed by atoms with E-state index in [0.717, 1.165) is 38.5 Å². The Labute approximate surface area is 297 Å². The Morgan fingerprint density at radius 2 is 0.404 bits per heavy atom. The zero-order chi connectivity index (χ0) is 34.2. The highest BCUT2D eigenvalue weighted by Crippen LogP contribution is 2.50. The van der Waals surface area contributed by atoms with E-state index in [1.165, 1.54) is 193 Å². The summed E-state index contributed by atoms with van der Waals surface area (Å²) in [6.07, 6.45) is 47.1. The van der Waals surface area contributed by atoms with E-state index in [-0.39, 0.29) is 0 Å². The van der Waals surface area contributed by atoms with Crippen molar-refractivity contribution in [2.24, 2.45) is 0 Å². The van der Waals surface area contributed by atoms with Crippen molar-refractivity contribution in [3.8, 4) is 0 Å². The second-order valence-corrected chi connectivity index (χ2v) is 16.3. The van der Waals surface area contributed by atoms with Crippen LogP contribution in [0.5, 0.6) is 0 Å². The van der Waals surface area contributed by atoms with Gasteiger partial charge in [-0.1, -0.05) is 233 Å². The minimum atomic E-state index is -3.46. The largest absolute Gasteiger partial charge is 0.474 e. The lowest BCUT2D eigenvalue weighted by molar-refractivity contribution is 0.108. The highest BCUT2D eigenvalue weighted by molar-refractivity contribution is 7.48. The number of rotatable bonds is 42. The molecule has 0 aliphatic heterocycles. The predicted octanol–water partition coefficient (Wildman–Crippen LogP) is 16.2. The van der Waals surface area contributed by atoms with Crippen LogP contribution in [0.4, 0.5) is 0 Å². The van der Waals surface area contributed by atoms with E-state index in [1.54, 1.807) is 0 Å². The average molecular weight is 687 g/mol. The molecule has 0 unspecified atom stereocenters. The molecule has 0 bridgehead atoms. The average Bonchev–Trinajstić information content (AvgIpc) is 3.07. The highest BCUT2D eigenvalue weighted by Gasteiger charge is 2.26. The molecule has 4 nitrogen and oxygen atoms in total. The summed E-state index contributed by atoms with van der Waals surface area (Å²) in [5.41, 5.74) is 0. The second kappa shape index (κ2) is 40.5. The first-order valence-corrected chi connectivity index (χ1v) is 23.2. The number of phosphoric ester groups is 1. The van der Waals surface area contributed by atoms with E-state index < -0.39 is 7.82 Å². The van der Waals surface area contributed by atoms with Gasteiger partial charge in [0.15, 0.2) is 0 Å². The van der Waals surface area contributed by atoms with E-state index in [9.17, 15) is 4.57 Å². The minimum Gasteiger partial charge on any atom is -0.287 e. The van der Waals surface area contributed by atoms with Crippen molar-refractivity contribution >= 4 is 7.82 Å². The summed E-state index contributed by atoms with van der Waals surface area (Å²) in [4.78, 5) is 0. The summed E-state index contributed by atoms with van der Waals surface area (Å²) in [6.45, 7) is 8.27. The van der Waals surface area contributed by atoms with Crippen LogP contribution >= 0.6 is 7.82 Å². The summed E-state index contributed by atoms with van der Waals surface area (Å²) in [5.74, 6) is 0. The molecule has 0 saturated carbocycles. The highest BCUT2D eigenvalue weighted by atomic mass is 31.2. The molecule has 0 aromatic rings. The molecule has 0 aromatic carbocycles. The molecule has 284 valence electrons. The van der Waals surface area contributed by atoms with Crippen molar-refractivity contribution < 1.29 is 18.1 Å². The van der Waals surface area contributed by atoms with Gasteiger partial charge in [-0.3, -0.25) is 13.6 Å². The molecule has 0 amide bonds. The summed E-state index contributed by atoms with van der Waals surface area (Å²) < 4.78 is 30.9. The molecule has 0 N–H and O–H groups in total. The van der Waals surface area contributed by atoms with Gasteiger partial charge in [0, 0.05) is 0 Å². The molecular weight excluding hydrogens is 599 g/mol. The fourth-order valence-corrected chi connectivity index (χ4v) is 7.75. The van der Waals surface area contributed by atoms with Crippen LogP contribution in [0.1, 0.15) is 252 Å². The smallest absolute Gasteiger partial charge is 0.287 e. The molecule has 0 radical (unpaired) electrons. The van der Waals surface area contributed by atoms with Crippen molar-refractivity contribution in [3.05, 3.63) is 0 Å². The Kier molecular flexibility index (Phi) is 40.6. The van der Waals surface area contributed by atoms with Gasteiger partial charge < -0.3 is 0 Å². The number of hydrogen-bond acceptors (Lipinski definition) is 4. The van der Waals surface area contributed by atoms with Crippen molar-refractivity contribution in [1.29, 1.82) is 0 Å². The molecule has 0 aliphatic rings. The lowest BCUT2D eigenvalue weighted by Gasteiger charge is -2.18. The molecular formula is C42H87O4P. The van der Waals surface area contributed by atoms with Gasteiger partial charge in [0.2, 0.25) is 0 Å². The quantitative estimate of drug-likeness (QED) is 0.0473. The van der Waals surface area contributed by atoms with E-state index in [2.05, 4.69) is 20.8 Å². The van der Waals surface area contributed by atoms with E-state index in [1.807, 2.05) is 0 Å². The normalized spacial score (nSPS) is 12.0. The molecule has 0 atom stereocenters. The molecule has 47 heavy (non-hydrogen) atoms. The van der Waals surface area contributed by atoms with E-state index in [4.69, 9.17) is 13.6 Å². The predicted molar refractivity (Wildman–Crippen MR) is 209 cm³/mol. The number of phosphoric acid groups is 1. The van der Waals surface area contributed by atoms with Crippen molar-refractivity contribution in [2.45, 2.75) is 252 Å². The third-order valence-corrected chi connectivity index (χ3v) is 11.2. The van der Waals surface area contributed by atoms with Crippen molar-refractivity contribution in [2.75, 3.05) is 19.8 Å². The lowest BCUT2D eigenvalue weighted by atomic mass is 10.0. The first-order valence-electron chi connectivity index (χ1n) is 21.7. The van der Waals surface area contributed by atoms with Gasteiger partial charge in [0.25, 0.3) is 0 Å². The fourth-order valence-electron chi connectivity index (χ4n) is 6.47. The first kappa shape index (κ1) is 47.1. The van der Waals surface area contributed by atoms with Gasteiger partial charge in [-0.25, -0.2) is 4.57 Å². The zero-order valence-electron chi connectivity index (χ0n) is 32.7. The van der Waals surface area contributed by atoms with Gasteiger partial charge >= 0.3 is 7.82 Å². The maximum absolute atomic E-state index is 13.4. The van der Waals surface area contributed by atoms with Crippen LogP contribution in [0.2, 0.25) is 0 Å². The second-order valence-electron chi connectivity index (χ2n) is 14.6. The number of unbranched alkanes of at least 4 members (excludes halogenated alkanes) is 33. The fraction of sp³-hybridized carbons (Fsp3) is 1.00. The summed E-state index contributed by atoms with van der Waals surface area (Å²) in [6, 6.07) is 0. The number of hydrogen-bond donors (Lipinski definition) is 0. The topological polar surface area (TPSA) is 44.8 Å². The van der Waals surface area contributed by atoms with Gasteiger partial charge in [-0.05, 0) is 19.3 Å². The Morgan fingerprint density at radius 3 is 0.574 bits per heavy atom. The maximum Gasteiger partial charge on any atom is 0.474 e. The third kappa shape index (κ3) is 38.8. The molecule has 0 fully saturated rings. The molecule has 0 aliphatic carbocycles. The molecule has 5 heteroatoms. The Morgan fingerprint density at radius 1 is 0.255 bits per heavy atom. The molecule has 0 saturated heterocycles. The van der Waals surface area contributed by atoms with Crippen LogP contribution < -0.4 is 0 Å². The van der Waals surface area contributed by atoms with Crippen molar-refractivity contribution in [1.82, 2.24) is 0 Å². The zero-order valence-corrected chi connectivity index (χ0v) is 33.6. The van der Waals surface area contributed by atoms with E-state index >= 15 is 0 Å². The standard InChI is InChI=1S/C42H87O4P/c1-4-7-10-13-16-19-22-23-24-25-26-27-30-33-36-39-42-46-47(43,44-40-37-34-31-28-20-17-14-11-8-5-2)45-41-38-35-32-29-21-18-15-12-9-6-3/h4-42H2,1-3H3. The lowest BCUT2D eigenvalue weighted by Crippen LogP contribution is -2.04. The Balaban J connectivity index is 4.01. The minimum absolute atomic E-state index is 0.477. The Hall–Kier alpha value is 0.110. The van der Waals surface area contributed by atoms with E-state index in [0.29, 0.717) is 19.8 Å². The summed E-state index contributed by atoms with van der Waals surface area (Å²) in [7, 11) is -3.46. The maximum atomic E-state index is 13.4. The summed E-state index contributed by atoms with van der Waals surface area (Å²) in [5, 5.41) is 0. The van der Waals surface area contributed by atoms with Gasteiger partial charge in [0.05, 0.1) is 19.8 Å². The van der Waals surface area contributed by atoms with Gasteiger partial charge in [-0.2, -0.15) is 0 Å². The van der Waals surface area contributed by atoms with Crippen LogP contribution in [0, 0.1) is 0 Å². The Bertz CT molecular complexity index is 583. The van der Waals surface area contributed by atoms with Crippen LogP contribution in [0.25, 0.3) is 0 Å². The molecule has 0 rings (SSSR count). The summed E-state index contributed by atoms with van der Waals surface area (Å²) >= 11 is 0. The van der Waals surface area contributed by atoms with Crippen LogP contribution in [-0.4, -0.2) is 19.8 Å². The SMILES string of the molecule is CCCCCCCCCCCCCCCCCCOP(=O)(OCCCCCCCCCCCC)OCCCCCCCCCCCC. The van der Waals surface area contributed by atoms with Gasteiger partial charge in [0.1, 0.15) is 0 Å². The molecule has 0 heterocycles. The van der Waals surface area contributed by atoms with Crippen LogP contribution in [0.3, 0.4) is 0 Å². The van der Waals surface area contributed by atoms with Crippen molar-refractivity contribution in [3.63, 3.8) is 0 Å². The van der Waals surface area contributed by atoms with Crippen LogP contribution in [0.15, 0.2) is 0 Å². The van der Waals surface area contributed by atoms with Crippen LogP contribution in [-0.2, 0) is 18.1 Å².